The number of para-hydroxylation sites is 1. The van der Waals surface area contributed by atoms with Crippen LogP contribution in [0.3, 0.4) is 0 Å². The Kier molecular flexibility index (Phi) is 4.75. The summed E-state index contributed by atoms with van der Waals surface area (Å²) in [6.07, 6.45) is 3.84. The van der Waals surface area contributed by atoms with Gasteiger partial charge in [-0.15, -0.1) is 0 Å². The SMILES string of the molecule is CCOc1ccccc1C=COC(C)C. The molecule has 0 saturated heterocycles. The Morgan fingerprint density at radius 1 is 1.27 bits per heavy atom. The Labute approximate surface area is 91.5 Å². The van der Waals surface area contributed by atoms with Crippen molar-refractivity contribution in [3.63, 3.8) is 0 Å². The van der Waals surface area contributed by atoms with Gasteiger partial charge < -0.3 is 9.47 Å². The minimum atomic E-state index is 0.209. The molecule has 0 radical (unpaired) electrons. The van der Waals surface area contributed by atoms with Crippen LogP contribution in [0.1, 0.15) is 26.3 Å². The fraction of sp³-hybridized carbons (Fsp3) is 0.385. The normalized spacial score (nSPS) is 10.9. The Hall–Kier alpha value is -1.44. The van der Waals surface area contributed by atoms with Gasteiger partial charge in [0.25, 0.3) is 0 Å². The average Bonchev–Trinajstić information content (AvgIpc) is 2.20. The maximum Gasteiger partial charge on any atom is 0.126 e. The third kappa shape index (κ3) is 4.07. The first-order chi connectivity index (χ1) is 7.24. The lowest BCUT2D eigenvalue weighted by Crippen LogP contribution is -1.95. The van der Waals surface area contributed by atoms with Crippen molar-refractivity contribution in [3.05, 3.63) is 36.1 Å². The van der Waals surface area contributed by atoms with Crippen molar-refractivity contribution in [3.8, 4) is 5.75 Å². The number of rotatable bonds is 5. The molecule has 0 spiro atoms. The van der Waals surface area contributed by atoms with E-state index in [4.69, 9.17) is 9.47 Å². The fourth-order valence-electron chi connectivity index (χ4n) is 1.17. The highest BCUT2D eigenvalue weighted by atomic mass is 16.5. The van der Waals surface area contributed by atoms with Crippen molar-refractivity contribution in [2.24, 2.45) is 0 Å². The van der Waals surface area contributed by atoms with E-state index in [2.05, 4.69) is 0 Å². The van der Waals surface area contributed by atoms with Gasteiger partial charge in [-0.3, -0.25) is 0 Å². The quantitative estimate of drug-likeness (QED) is 0.687. The van der Waals surface area contributed by atoms with Gasteiger partial charge in [0.1, 0.15) is 5.75 Å². The standard InChI is InChI=1S/C13H18O2/c1-4-14-13-8-6-5-7-12(13)9-10-15-11(2)3/h5-11H,4H2,1-3H3. The number of hydrogen-bond donors (Lipinski definition) is 0. The molecule has 0 aliphatic carbocycles. The van der Waals surface area contributed by atoms with Gasteiger partial charge in [0.15, 0.2) is 0 Å². The predicted octanol–water partition coefficient (Wildman–Crippen LogP) is 3.48. The van der Waals surface area contributed by atoms with Crippen molar-refractivity contribution in [2.75, 3.05) is 6.61 Å². The Morgan fingerprint density at radius 2 is 2.00 bits per heavy atom. The molecular formula is C13H18O2. The summed E-state index contributed by atoms with van der Waals surface area (Å²) in [5, 5.41) is 0. The molecule has 0 saturated carbocycles. The van der Waals surface area contributed by atoms with E-state index in [-0.39, 0.29) is 6.10 Å². The zero-order valence-corrected chi connectivity index (χ0v) is 9.57. The molecule has 2 heteroatoms. The molecule has 0 atom stereocenters. The van der Waals surface area contributed by atoms with E-state index in [1.54, 1.807) is 6.26 Å². The zero-order valence-electron chi connectivity index (χ0n) is 9.57. The first kappa shape index (κ1) is 11.6. The van der Waals surface area contributed by atoms with E-state index in [1.165, 1.54) is 0 Å². The summed E-state index contributed by atoms with van der Waals surface area (Å²) < 4.78 is 10.8. The van der Waals surface area contributed by atoms with Crippen LogP contribution >= 0.6 is 0 Å². The molecule has 0 unspecified atom stereocenters. The van der Waals surface area contributed by atoms with Crippen LogP contribution in [0.5, 0.6) is 5.75 Å². The molecule has 1 rings (SSSR count). The molecule has 0 fully saturated rings. The predicted molar refractivity (Wildman–Crippen MR) is 62.9 cm³/mol. The van der Waals surface area contributed by atoms with E-state index >= 15 is 0 Å². The second-order valence-electron chi connectivity index (χ2n) is 3.46. The average molecular weight is 206 g/mol. The summed E-state index contributed by atoms with van der Waals surface area (Å²) in [6.45, 7) is 6.65. The molecule has 0 bridgehead atoms. The van der Waals surface area contributed by atoms with Crippen molar-refractivity contribution in [2.45, 2.75) is 26.9 Å². The van der Waals surface area contributed by atoms with Crippen LogP contribution in [0.15, 0.2) is 30.5 Å². The van der Waals surface area contributed by atoms with E-state index in [0.717, 1.165) is 11.3 Å². The molecular weight excluding hydrogens is 188 g/mol. The molecule has 0 aliphatic rings. The van der Waals surface area contributed by atoms with Gasteiger partial charge in [0.05, 0.1) is 19.0 Å². The molecule has 1 aromatic rings. The van der Waals surface area contributed by atoms with Crippen LogP contribution in [0.2, 0.25) is 0 Å². The number of hydrogen-bond acceptors (Lipinski definition) is 2. The maximum absolute atomic E-state index is 5.49. The summed E-state index contributed by atoms with van der Waals surface area (Å²) in [7, 11) is 0. The maximum atomic E-state index is 5.49. The molecule has 82 valence electrons. The lowest BCUT2D eigenvalue weighted by molar-refractivity contribution is 0.181. The summed E-state index contributed by atoms with van der Waals surface area (Å²) in [5.41, 5.74) is 1.04. The third-order valence-corrected chi connectivity index (χ3v) is 1.82. The van der Waals surface area contributed by atoms with Crippen molar-refractivity contribution >= 4 is 6.08 Å². The minimum Gasteiger partial charge on any atom is -0.499 e. The smallest absolute Gasteiger partial charge is 0.126 e. The highest BCUT2D eigenvalue weighted by Gasteiger charge is 1.97. The molecule has 15 heavy (non-hydrogen) atoms. The van der Waals surface area contributed by atoms with Crippen LogP contribution in [0.4, 0.5) is 0 Å². The molecule has 0 aliphatic heterocycles. The Morgan fingerprint density at radius 3 is 2.67 bits per heavy atom. The zero-order chi connectivity index (χ0) is 11.1. The van der Waals surface area contributed by atoms with Crippen LogP contribution < -0.4 is 4.74 Å². The molecule has 2 nitrogen and oxygen atoms in total. The van der Waals surface area contributed by atoms with E-state index < -0.39 is 0 Å². The fourth-order valence-corrected chi connectivity index (χ4v) is 1.17. The Bertz CT molecular complexity index is 316. The van der Waals surface area contributed by atoms with Gasteiger partial charge >= 0.3 is 0 Å². The van der Waals surface area contributed by atoms with Gasteiger partial charge in [-0.2, -0.15) is 0 Å². The van der Waals surface area contributed by atoms with Crippen LogP contribution in [-0.2, 0) is 4.74 Å². The molecule has 0 N–H and O–H groups in total. The number of benzene rings is 1. The first-order valence-electron chi connectivity index (χ1n) is 5.28. The van der Waals surface area contributed by atoms with Crippen LogP contribution in [0, 0.1) is 0 Å². The molecule has 0 aromatic heterocycles. The van der Waals surface area contributed by atoms with Gasteiger partial charge in [-0.1, -0.05) is 18.2 Å². The van der Waals surface area contributed by atoms with Crippen LogP contribution in [0.25, 0.3) is 6.08 Å². The van der Waals surface area contributed by atoms with Crippen molar-refractivity contribution in [1.29, 1.82) is 0 Å². The van der Waals surface area contributed by atoms with Gasteiger partial charge in [0.2, 0.25) is 0 Å². The van der Waals surface area contributed by atoms with E-state index in [0.29, 0.717) is 6.61 Å². The number of ether oxygens (including phenoxy) is 2. The van der Waals surface area contributed by atoms with Crippen LogP contribution in [-0.4, -0.2) is 12.7 Å². The highest BCUT2D eigenvalue weighted by Crippen LogP contribution is 2.19. The lowest BCUT2D eigenvalue weighted by Gasteiger charge is -2.07. The molecule has 0 amide bonds. The monoisotopic (exact) mass is 206 g/mol. The second kappa shape index (κ2) is 6.12. The minimum absolute atomic E-state index is 0.209. The Balaban J connectivity index is 2.70. The largest absolute Gasteiger partial charge is 0.499 e. The topological polar surface area (TPSA) is 18.5 Å². The van der Waals surface area contributed by atoms with E-state index in [9.17, 15) is 0 Å². The summed E-state index contributed by atoms with van der Waals surface area (Å²) in [4.78, 5) is 0. The summed E-state index contributed by atoms with van der Waals surface area (Å²) in [5.74, 6) is 0.892. The second-order valence-corrected chi connectivity index (χ2v) is 3.46. The van der Waals surface area contributed by atoms with Gasteiger partial charge in [-0.25, -0.2) is 0 Å². The van der Waals surface area contributed by atoms with Crippen molar-refractivity contribution < 1.29 is 9.47 Å². The van der Waals surface area contributed by atoms with Crippen molar-refractivity contribution in [1.82, 2.24) is 0 Å². The molecule has 1 aromatic carbocycles. The first-order valence-corrected chi connectivity index (χ1v) is 5.28. The van der Waals surface area contributed by atoms with Gasteiger partial charge in [0, 0.05) is 5.56 Å². The third-order valence-electron chi connectivity index (χ3n) is 1.82. The van der Waals surface area contributed by atoms with Gasteiger partial charge in [-0.05, 0) is 32.9 Å². The van der Waals surface area contributed by atoms with E-state index in [1.807, 2.05) is 51.1 Å². The summed E-state index contributed by atoms with van der Waals surface area (Å²) >= 11 is 0. The lowest BCUT2D eigenvalue weighted by atomic mass is 10.2. The highest BCUT2D eigenvalue weighted by molar-refractivity contribution is 5.56. The molecule has 0 heterocycles. The summed E-state index contributed by atoms with van der Waals surface area (Å²) in [6, 6.07) is 7.91.